The number of ether oxygens (including phenoxy) is 1. The zero-order chi connectivity index (χ0) is 12.4. The van der Waals surface area contributed by atoms with E-state index in [4.69, 9.17) is 14.9 Å². The molecular weight excluding hydrogens is 210 g/mol. The molecule has 0 aliphatic rings. The van der Waals surface area contributed by atoms with E-state index in [9.17, 15) is 5.11 Å². The molecule has 98 valence electrons. The summed E-state index contributed by atoms with van der Waals surface area (Å²) < 4.78 is 5.25. The van der Waals surface area contributed by atoms with Crippen molar-refractivity contribution in [2.75, 3.05) is 33.0 Å². The highest BCUT2D eigenvalue weighted by Crippen LogP contribution is 2.00. The Morgan fingerprint density at radius 1 is 1.31 bits per heavy atom. The van der Waals surface area contributed by atoms with E-state index in [0.29, 0.717) is 13.2 Å². The van der Waals surface area contributed by atoms with E-state index in [1.807, 2.05) is 0 Å². The summed E-state index contributed by atoms with van der Waals surface area (Å²) in [5.74, 6) is 0. The average molecular weight is 235 g/mol. The van der Waals surface area contributed by atoms with Crippen LogP contribution >= 0.6 is 0 Å². The number of aliphatic hydroxyl groups excluding tert-OH is 3. The molecule has 0 saturated carbocycles. The first kappa shape index (κ1) is 15.8. The number of aliphatic hydroxyl groups is 3. The maximum absolute atomic E-state index is 9.55. The fourth-order valence-electron chi connectivity index (χ4n) is 1.05. The van der Waals surface area contributed by atoms with Crippen LogP contribution in [0.15, 0.2) is 0 Å². The van der Waals surface area contributed by atoms with Gasteiger partial charge in [-0.05, 0) is 13.3 Å². The van der Waals surface area contributed by atoms with Crippen LogP contribution in [-0.4, -0.2) is 59.9 Å². The van der Waals surface area contributed by atoms with Crippen LogP contribution in [-0.2, 0) is 4.74 Å². The summed E-state index contributed by atoms with van der Waals surface area (Å²) in [6.45, 7) is 4.65. The van der Waals surface area contributed by atoms with Crippen molar-refractivity contribution in [3.63, 3.8) is 0 Å². The van der Waals surface area contributed by atoms with Gasteiger partial charge < -0.3 is 25.4 Å². The number of hydrogen-bond acceptors (Lipinski definition) is 5. The lowest BCUT2D eigenvalue weighted by atomic mass is 10.1. The van der Waals surface area contributed by atoms with Crippen LogP contribution in [0, 0.1) is 0 Å². The van der Waals surface area contributed by atoms with Gasteiger partial charge in [0, 0.05) is 13.2 Å². The van der Waals surface area contributed by atoms with Gasteiger partial charge in [-0.2, -0.15) is 0 Å². The van der Waals surface area contributed by atoms with Crippen molar-refractivity contribution in [3.05, 3.63) is 0 Å². The van der Waals surface area contributed by atoms with Gasteiger partial charge in [0.05, 0.1) is 31.5 Å². The van der Waals surface area contributed by atoms with E-state index in [0.717, 1.165) is 12.8 Å². The summed E-state index contributed by atoms with van der Waals surface area (Å²) in [5, 5.41) is 30.5. The summed E-state index contributed by atoms with van der Waals surface area (Å²) >= 11 is 0. The minimum atomic E-state index is -0.746. The van der Waals surface area contributed by atoms with Gasteiger partial charge in [0.1, 0.15) is 0 Å². The van der Waals surface area contributed by atoms with E-state index < -0.39 is 11.6 Å². The zero-order valence-electron chi connectivity index (χ0n) is 10.3. The lowest BCUT2D eigenvalue weighted by Gasteiger charge is -2.27. The van der Waals surface area contributed by atoms with Crippen LogP contribution in [0.25, 0.3) is 0 Å². The Kier molecular flexibility index (Phi) is 8.78. The predicted molar refractivity (Wildman–Crippen MR) is 62.3 cm³/mol. The lowest BCUT2D eigenvalue weighted by Crippen LogP contribution is -2.52. The van der Waals surface area contributed by atoms with Gasteiger partial charge in [-0.3, -0.25) is 0 Å². The molecule has 0 heterocycles. The summed E-state index contributed by atoms with van der Waals surface area (Å²) in [4.78, 5) is 0. The van der Waals surface area contributed by atoms with Crippen LogP contribution in [0.1, 0.15) is 26.7 Å². The molecule has 1 atom stereocenters. The molecule has 0 rings (SSSR count). The van der Waals surface area contributed by atoms with E-state index in [-0.39, 0.29) is 19.8 Å². The van der Waals surface area contributed by atoms with Gasteiger partial charge in [0.2, 0.25) is 0 Å². The van der Waals surface area contributed by atoms with E-state index in [2.05, 4.69) is 12.2 Å². The van der Waals surface area contributed by atoms with E-state index in [1.165, 1.54) is 0 Å². The Bertz CT molecular complexity index is 162. The van der Waals surface area contributed by atoms with Gasteiger partial charge in [-0.25, -0.2) is 0 Å². The largest absolute Gasteiger partial charge is 0.394 e. The monoisotopic (exact) mass is 235 g/mol. The molecule has 0 fully saturated rings. The molecule has 1 unspecified atom stereocenters. The summed E-state index contributed by atoms with van der Waals surface area (Å²) in [6, 6.07) is 0. The van der Waals surface area contributed by atoms with Crippen LogP contribution in [0.4, 0.5) is 0 Å². The number of β-amino-alcohol motifs (C(OH)–C–C–N with tert-alkyl or cyclic N) is 1. The topological polar surface area (TPSA) is 82.0 Å². The molecule has 0 aromatic carbocycles. The number of unbranched alkanes of at least 4 members (excludes halogenated alkanes) is 1. The SMILES string of the molecule is CCCCOCC(O)CNC(C)(CO)CO. The molecule has 5 heteroatoms. The maximum Gasteiger partial charge on any atom is 0.0897 e. The summed E-state index contributed by atoms with van der Waals surface area (Å²) in [5.41, 5.74) is -0.746. The molecular formula is C11H25NO4. The standard InChI is InChI=1S/C11H25NO4/c1-3-4-5-16-7-10(15)6-12-11(2,8-13)9-14/h10,12-15H,3-9H2,1-2H3. The van der Waals surface area contributed by atoms with Crippen molar-refractivity contribution in [1.82, 2.24) is 5.32 Å². The third-order valence-corrected chi connectivity index (χ3v) is 2.41. The molecule has 0 radical (unpaired) electrons. The molecule has 0 spiro atoms. The first-order valence-electron chi connectivity index (χ1n) is 5.80. The van der Waals surface area contributed by atoms with Crippen molar-refractivity contribution in [2.24, 2.45) is 0 Å². The first-order chi connectivity index (χ1) is 7.58. The minimum Gasteiger partial charge on any atom is -0.394 e. The molecule has 0 aromatic rings. The normalized spacial score (nSPS) is 14.1. The summed E-state index contributed by atoms with van der Waals surface area (Å²) in [6.07, 6.45) is 1.45. The quantitative estimate of drug-likeness (QED) is 0.384. The molecule has 0 aromatic heterocycles. The Morgan fingerprint density at radius 3 is 2.44 bits per heavy atom. The van der Waals surface area contributed by atoms with Crippen molar-refractivity contribution in [1.29, 1.82) is 0 Å². The van der Waals surface area contributed by atoms with E-state index >= 15 is 0 Å². The highest BCUT2D eigenvalue weighted by atomic mass is 16.5. The fourth-order valence-corrected chi connectivity index (χ4v) is 1.05. The Balaban J connectivity index is 3.59. The Morgan fingerprint density at radius 2 is 1.94 bits per heavy atom. The molecule has 0 aliphatic heterocycles. The highest BCUT2D eigenvalue weighted by Gasteiger charge is 2.22. The van der Waals surface area contributed by atoms with Crippen molar-refractivity contribution in [2.45, 2.75) is 38.3 Å². The van der Waals surface area contributed by atoms with Crippen molar-refractivity contribution >= 4 is 0 Å². The molecule has 0 aliphatic carbocycles. The van der Waals surface area contributed by atoms with Crippen LogP contribution in [0.2, 0.25) is 0 Å². The number of hydrogen-bond donors (Lipinski definition) is 4. The van der Waals surface area contributed by atoms with Gasteiger partial charge in [0.25, 0.3) is 0 Å². The molecule has 0 amide bonds. The molecule has 4 N–H and O–H groups in total. The van der Waals surface area contributed by atoms with Gasteiger partial charge in [-0.1, -0.05) is 13.3 Å². The lowest BCUT2D eigenvalue weighted by molar-refractivity contribution is 0.0240. The van der Waals surface area contributed by atoms with Crippen molar-refractivity contribution in [3.8, 4) is 0 Å². The third kappa shape index (κ3) is 7.14. The third-order valence-electron chi connectivity index (χ3n) is 2.41. The van der Waals surface area contributed by atoms with Crippen LogP contribution < -0.4 is 5.32 Å². The van der Waals surface area contributed by atoms with Gasteiger partial charge >= 0.3 is 0 Å². The second-order valence-corrected chi connectivity index (χ2v) is 4.34. The van der Waals surface area contributed by atoms with E-state index in [1.54, 1.807) is 6.92 Å². The maximum atomic E-state index is 9.55. The van der Waals surface area contributed by atoms with Crippen LogP contribution in [0.3, 0.4) is 0 Å². The van der Waals surface area contributed by atoms with Gasteiger partial charge in [-0.15, -0.1) is 0 Å². The highest BCUT2D eigenvalue weighted by molar-refractivity contribution is 4.82. The zero-order valence-corrected chi connectivity index (χ0v) is 10.3. The Hall–Kier alpha value is -0.200. The van der Waals surface area contributed by atoms with Crippen molar-refractivity contribution < 1.29 is 20.1 Å². The molecule has 0 saturated heterocycles. The second kappa shape index (κ2) is 8.90. The number of rotatable bonds is 10. The first-order valence-corrected chi connectivity index (χ1v) is 5.80. The average Bonchev–Trinajstić information content (AvgIpc) is 2.31. The predicted octanol–water partition coefficient (Wildman–Crippen LogP) is -0.503. The van der Waals surface area contributed by atoms with Crippen LogP contribution in [0.5, 0.6) is 0 Å². The minimum absolute atomic E-state index is 0.174. The molecule has 5 nitrogen and oxygen atoms in total. The molecule has 0 bridgehead atoms. The summed E-state index contributed by atoms with van der Waals surface area (Å²) in [7, 11) is 0. The Labute approximate surface area is 97.4 Å². The van der Waals surface area contributed by atoms with Gasteiger partial charge in [0.15, 0.2) is 0 Å². The smallest absolute Gasteiger partial charge is 0.0897 e. The fraction of sp³-hybridized carbons (Fsp3) is 1.00. The number of nitrogens with one attached hydrogen (secondary N) is 1. The molecule has 16 heavy (non-hydrogen) atoms. The second-order valence-electron chi connectivity index (χ2n) is 4.34.